The van der Waals surface area contributed by atoms with Crippen LogP contribution >= 0.6 is 11.6 Å². The SMILES string of the molecule is O=C(NC(c1ccc(Cl)cc1)c1ccccn1)C1CCN(CCCCOCc2ccccc2)CC1. The summed E-state index contributed by atoms with van der Waals surface area (Å²) in [7, 11) is 0. The highest BCUT2D eigenvalue weighted by molar-refractivity contribution is 6.30. The number of nitrogens with zero attached hydrogens (tertiary/aromatic N) is 2. The van der Waals surface area contributed by atoms with Gasteiger partial charge in [-0.15, -0.1) is 0 Å². The summed E-state index contributed by atoms with van der Waals surface area (Å²) in [5.41, 5.74) is 3.03. The van der Waals surface area contributed by atoms with Gasteiger partial charge in [0.2, 0.25) is 5.91 Å². The molecule has 1 fully saturated rings. The second kappa shape index (κ2) is 13.4. The highest BCUT2D eigenvalue weighted by Gasteiger charge is 2.27. The standard InChI is InChI=1S/C29H34ClN3O2/c30-26-13-11-24(12-14-26)28(27-10-4-5-17-31-27)32-29(34)25-15-19-33(20-16-25)18-6-7-21-35-22-23-8-2-1-3-9-23/h1-5,8-14,17,25,28H,6-7,15-16,18-22H2,(H,32,34). The average Bonchev–Trinajstić information content (AvgIpc) is 2.91. The normalized spacial score (nSPS) is 15.6. The lowest BCUT2D eigenvalue weighted by Gasteiger charge is -2.32. The molecule has 0 bridgehead atoms. The number of amides is 1. The Balaban J connectivity index is 1.19. The van der Waals surface area contributed by atoms with Gasteiger partial charge in [-0.25, -0.2) is 0 Å². The second-order valence-corrected chi connectivity index (χ2v) is 9.55. The predicted octanol–water partition coefficient (Wildman–Crippen LogP) is 5.65. The molecule has 6 heteroatoms. The number of aromatic nitrogens is 1. The molecule has 1 saturated heterocycles. The molecule has 0 radical (unpaired) electrons. The van der Waals surface area contributed by atoms with Crippen LogP contribution in [-0.2, 0) is 16.1 Å². The summed E-state index contributed by atoms with van der Waals surface area (Å²) >= 11 is 6.08. The van der Waals surface area contributed by atoms with Crippen LogP contribution in [0.2, 0.25) is 5.02 Å². The molecule has 0 saturated carbocycles. The number of ether oxygens (including phenoxy) is 1. The molecule has 35 heavy (non-hydrogen) atoms. The van der Waals surface area contributed by atoms with Gasteiger partial charge in [0.05, 0.1) is 18.3 Å². The molecule has 1 N–H and O–H groups in total. The van der Waals surface area contributed by atoms with E-state index >= 15 is 0 Å². The number of carbonyl (C=O) groups is 1. The molecule has 1 atom stereocenters. The van der Waals surface area contributed by atoms with Crippen molar-refractivity contribution in [3.8, 4) is 0 Å². The highest BCUT2D eigenvalue weighted by atomic mass is 35.5. The van der Waals surface area contributed by atoms with Gasteiger partial charge in [-0.2, -0.15) is 0 Å². The van der Waals surface area contributed by atoms with Crippen molar-refractivity contribution in [2.24, 2.45) is 5.92 Å². The highest BCUT2D eigenvalue weighted by Crippen LogP contribution is 2.25. The molecule has 3 aromatic rings. The fraction of sp³-hybridized carbons (Fsp3) is 0.379. The lowest BCUT2D eigenvalue weighted by Crippen LogP contribution is -2.42. The van der Waals surface area contributed by atoms with Crippen LogP contribution in [0.4, 0.5) is 0 Å². The number of pyridine rings is 1. The summed E-state index contributed by atoms with van der Waals surface area (Å²) in [4.78, 5) is 20.1. The van der Waals surface area contributed by atoms with Gasteiger partial charge in [-0.05, 0) is 80.7 Å². The van der Waals surface area contributed by atoms with E-state index in [4.69, 9.17) is 16.3 Å². The van der Waals surface area contributed by atoms with Gasteiger partial charge in [-0.1, -0.05) is 60.1 Å². The van der Waals surface area contributed by atoms with E-state index in [-0.39, 0.29) is 17.9 Å². The molecule has 2 aromatic carbocycles. The number of halogens is 1. The maximum Gasteiger partial charge on any atom is 0.224 e. The second-order valence-electron chi connectivity index (χ2n) is 9.11. The Bertz CT molecular complexity index is 1020. The summed E-state index contributed by atoms with van der Waals surface area (Å²) in [6, 6.07) is 23.4. The first-order chi connectivity index (χ1) is 17.2. The predicted molar refractivity (Wildman–Crippen MR) is 140 cm³/mol. The zero-order chi connectivity index (χ0) is 24.3. The number of benzene rings is 2. The van der Waals surface area contributed by atoms with Crippen LogP contribution in [0.5, 0.6) is 0 Å². The van der Waals surface area contributed by atoms with Gasteiger partial charge in [0, 0.05) is 23.7 Å². The molecule has 2 heterocycles. The van der Waals surface area contributed by atoms with Crippen molar-refractivity contribution >= 4 is 17.5 Å². The monoisotopic (exact) mass is 491 g/mol. The van der Waals surface area contributed by atoms with Crippen molar-refractivity contribution in [2.75, 3.05) is 26.2 Å². The Morgan fingerprint density at radius 2 is 1.74 bits per heavy atom. The van der Waals surface area contributed by atoms with Crippen LogP contribution in [-0.4, -0.2) is 42.0 Å². The first-order valence-electron chi connectivity index (χ1n) is 12.5. The first kappa shape index (κ1) is 25.4. The third-order valence-electron chi connectivity index (χ3n) is 6.56. The molecule has 0 aliphatic carbocycles. The largest absolute Gasteiger partial charge is 0.377 e. The lowest BCUT2D eigenvalue weighted by molar-refractivity contribution is -0.127. The minimum Gasteiger partial charge on any atom is -0.377 e. The lowest BCUT2D eigenvalue weighted by atomic mass is 9.94. The topological polar surface area (TPSA) is 54.5 Å². The molecule has 1 amide bonds. The molecule has 1 unspecified atom stereocenters. The molecule has 1 aliphatic heterocycles. The number of carbonyl (C=O) groups excluding carboxylic acids is 1. The third kappa shape index (κ3) is 7.89. The summed E-state index contributed by atoms with van der Waals surface area (Å²) in [5.74, 6) is 0.128. The Hall–Kier alpha value is -2.73. The van der Waals surface area contributed by atoms with Crippen molar-refractivity contribution in [1.82, 2.24) is 15.2 Å². The van der Waals surface area contributed by atoms with Gasteiger partial charge in [-0.3, -0.25) is 9.78 Å². The number of rotatable bonds is 11. The van der Waals surface area contributed by atoms with Crippen molar-refractivity contribution < 1.29 is 9.53 Å². The van der Waals surface area contributed by atoms with Gasteiger partial charge in [0.1, 0.15) is 0 Å². The molecule has 4 rings (SSSR count). The van der Waals surface area contributed by atoms with E-state index in [2.05, 4.69) is 27.3 Å². The maximum atomic E-state index is 13.2. The van der Waals surface area contributed by atoms with E-state index in [1.165, 1.54) is 5.56 Å². The summed E-state index contributed by atoms with van der Waals surface area (Å²) in [5, 5.41) is 3.93. The molecule has 1 aromatic heterocycles. The fourth-order valence-electron chi connectivity index (χ4n) is 4.51. The van der Waals surface area contributed by atoms with Crippen LogP contribution in [0.25, 0.3) is 0 Å². The van der Waals surface area contributed by atoms with Crippen LogP contribution in [0.15, 0.2) is 79.0 Å². The van der Waals surface area contributed by atoms with E-state index < -0.39 is 0 Å². The Morgan fingerprint density at radius 1 is 1.00 bits per heavy atom. The van der Waals surface area contributed by atoms with E-state index in [1.54, 1.807) is 6.20 Å². The maximum absolute atomic E-state index is 13.2. The molecule has 1 aliphatic rings. The van der Waals surface area contributed by atoms with Crippen molar-refractivity contribution in [2.45, 2.75) is 38.3 Å². The Morgan fingerprint density at radius 3 is 2.46 bits per heavy atom. The minimum atomic E-state index is -0.283. The average molecular weight is 492 g/mol. The van der Waals surface area contributed by atoms with Gasteiger partial charge >= 0.3 is 0 Å². The van der Waals surface area contributed by atoms with Gasteiger partial charge < -0.3 is 15.0 Å². The first-order valence-corrected chi connectivity index (χ1v) is 12.9. The van der Waals surface area contributed by atoms with Gasteiger partial charge in [0.15, 0.2) is 0 Å². The molecule has 5 nitrogen and oxygen atoms in total. The number of piperidine rings is 1. The smallest absolute Gasteiger partial charge is 0.224 e. The molecular weight excluding hydrogens is 458 g/mol. The zero-order valence-corrected chi connectivity index (χ0v) is 20.9. The molecule has 0 spiro atoms. The zero-order valence-electron chi connectivity index (χ0n) is 20.1. The number of likely N-dealkylation sites (tertiary alicyclic amines) is 1. The fourth-order valence-corrected chi connectivity index (χ4v) is 4.64. The van der Waals surface area contributed by atoms with E-state index in [0.29, 0.717) is 11.6 Å². The molecular formula is C29H34ClN3O2. The number of hydrogen-bond donors (Lipinski definition) is 1. The van der Waals surface area contributed by atoms with Crippen LogP contribution in [0.1, 0.15) is 48.5 Å². The van der Waals surface area contributed by atoms with Crippen LogP contribution < -0.4 is 5.32 Å². The van der Waals surface area contributed by atoms with Crippen molar-refractivity contribution in [1.29, 1.82) is 0 Å². The summed E-state index contributed by atoms with van der Waals surface area (Å²) in [6.45, 7) is 4.44. The quantitative estimate of drug-likeness (QED) is 0.352. The van der Waals surface area contributed by atoms with Crippen LogP contribution in [0, 0.1) is 5.92 Å². The van der Waals surface area contributed by atoms with E-state index in [9.17, 15) is 4.79 Å². The Kier molecular flexibility index (Phi) is 9.70. The van der Waals surface area contributed by atoms with Crippen LogP contribution in [0.3, 0.4) is 0 Å². The summed E-state index contributed by atoms with van der Waals surface area (Å²) in [6.07, 6.45) is 5.69. The molecule has 184 valence electrons. The number of hydrogen-bond acceptors (Lipinski definition) is 4. The Labute approximate surface area is 213 Å². The minimum absolute atomic E-state index is 0.0268. The third-order valence-corrected chi connectivity index (χ3v) is 6.81. The number of nitrogens with one attached hydrogen (secondary N) is 1. The van der Waals surface area contributed by atoms with E-state index in [0.717, 1.165) is 63.2 Å². The van der Waals surface area contributed by atoms with Crippen molar-refractivity contribution in [3.63, 3.8) is 0 Å². The summed E-state index contributed by atoms with van der Waals surface area (Å²) < 4.78 is 5.79. The number of unbranched alkanes of at least 4 members (excludes halogenated alkanes) is 1. The van der Waals surface area contributed by atoms with Crippen molar-refractivity contribution in [3.05, 3.63) is 101 Å². The van der Waals surface area contributed by atoms with Gasteiger partial charge in [0.25, 0.3) is 0 Å². The van der Waals surface area contributed by atoms with E-state index in [1.807, 2.05) is 60.7 Å².